The van der Waals surface area contributed by atoms with Crippen LogP contribution in [0, 0.1) is 0 Å². The summed E-state index contributed by atoms with van der Waals surface area (Å²) >= 11 is 12.5. The lowest BCUT2D eigenvalue weighted by Gasteiger charge is -2.11. The number of rotatable bonds is 3. The van der Waals surface area contributed by atoms with Crippen LogP contribution >= 0.6 is 23.2 Å². The Morgan fingerprint density at radius 2 is 1.96 bits per heavy atom. The normalized spacial score (nSPS) is 11.0. The van der Waals surface area contributed by atoms with E-state index in [-0.39, 0.29) is 5.56 Å². The summed E-state index contributed by atoms with van der Waals surface area (Å²) < 4.78 is 6.19. The van der Waals surface area contributed by atoms with Crippen molar-refractivity contribution in [1.82, 2.24) is 19.7 Å². The first-order chi connectivity index (χ1) is 12.5. The number of pyridine rings is 1. The van der Waals surface area contributed by atoms with Crippen molar-refractivity contribution in [2.75, 3.05) is 5.32 Å². The molecule has 0 unspecified atom stereocenters. The van der Waals surface area contributed by atoms with E-state index in [4.69, 9.17) is 27.7 Å². The molecule has 3 aromatic heterocycles. The highest BCUT2D eigenvalue weighted by molar-refractivity contribution is 6.39. The van der Waals surface area contributed by atoms with Crippen LogP contribution in [0.4, 0.5) is 11.8 Å². The number of fused-ring (bicyclic) bond motifs is 1. The number of anilines is 2. The van der Waals surface area contributed by atoms with E-state index in [9.17, 15) is 4.79 Å². The van der Waals surface area contributed by atoms with Crippen LogP contribution in [0.2, 0.25) is 10.0 Å². The topological polar surface area (TPSA) is 85.8 Å². The summed E-state index contributed by atoms with van der Waals surface area (Å²) in [5, 5.41) is 8.12. The number of hydrogen-bond acceptors (Lipinski definition) is 6. The molecule has 0 aliphatic carbocycles. The Bertz CT molecular complexity index is 1150. The van der Waals surface area contributed by atoms with Crippen LogP contribution in [0.3, 0.4) is 0 Å². The molecule has 4 aromatic rings. The van der Waals surface area contributed by atoms with Gasteiger partial charge in [0.1, 0.15) is 11.9 Å². The number of nitrogens with one attached hydrogen (secondary N) is 1. The molecule has 1 N–H and O–H groups in total. The van der Waals surface area contributed by atoms with Crippen molar-refractivity contribution in [3.8, 4) is 11.1 Å². The van der Waals surface area contributed by atoms with Gasteiger partial charge in [-0.15, -0.1) is 0 Å². The van der Waals surface area contributed by atoms with E-state index in [1.807, 2.05) is 0 Å². The average Bonchev–Trinajstić information content (AvgIpc) is 3.12. The lowest BCUT2D eigenvalue weighted by molar-refractivity contribution is 0.423. The molecule has 26 heavy (non-hydrogen) atoms. The standard InChI is InChI=1S/C17H11Cl2N5O2/c1-24-15-9(8-20-17(22-15)21-13-5-6-26-23-13)7-10(16(24)25)14-11(18)3-2-4-12(14)19/h2-8H,1H3,(H,20,21,22,23). The van der Waals surface area contributed by atoms with Crippen molar-refractivity contribution < 1.29 is 4.52 Å². The van der Waals surface area contributed by atoms with Gasteiger partial charge in [0.2, 0.25) is 5.95 Å². The Morgan fingerprint density at radius 3 is 2.65 bits per heavy atom. The van der Waals surface area contributed by atoms with Gasteiger partial charge >= 0.3 is 0 Å². The second-order valence-corrected chi connectivity index (χ2v) is 6.32. The van der Waals surface area contributed by atoms with E-state index in [1.165, 1.54) is 10.8 Å². The van der Waals surface area contributed by atoms with Gasteiger partial charge in [0.25, 0.3) is 5.56 Å². The monoisotopic (exact) mass is 387 g/mol. The second kappa shape index (κ2) is 6.44. The molecule has 7 nitrogen and oxygen atoms in total. The minimum atomic E-state index is -0.265. The van der Waals surface area contributed by atoms with E-state index in [1.54, 1.807) is 43.6 Å². The highest BCUT2D eigenvalue weighted by atomic mass is 35.5. The van der Waals surface area contributed by atoms with Crippen molar-refractivity contribution in [3.63, 3.8) is 0 Å². The third-order valence-electron chi connectivity index (χ3n) is 3.86. The smallest absolute Gasteiger partial charge is 0.259 e. The van der Waals surface area contributed by atoms with Crippen LogP contribution in [-0.4, -0.2) is 19.7 Å². The maximum absolute atomic E-state index is 12.9. The van der Waals surface area contributed by atoms with Crippen molar-refractivity contribution in [2.24, 2.45) is 7.05 Å². The zero-order chi connectivity index (χ0) is 18.3. The Kier molecular flexibility index (Phi) is 4.10. The SMILES string of the molecule is Cn1c(=O)c(-c2c(Cl)cccc2Cl)cc2cnc(Nc3ccon3)nc21. The Morgan fingerprint density at radius 1 is 1.19 bits per heavy atom. The molecular weight excluding hydrogens is 377 g/mol. The summed E-state index contributed by atoms with van der Waals surface area (Å²) in [6, 6.07) is 8.42. The van der Waals surface area contributed by atoms with E-state index in [2.05, 4.69) is 20.4 Å². The predicted molar refractivity (Wildman–Crippen MR) is 100 cm³/mol. The highest BCUT2D eigenvalue weighted by Crippen LogP contribution is 2.33. The molecule has 0 radical (unpaired) electrons. The summed E-state index contributed by atoms with van der Waals surface area (Å²) in [6.45, 7) is 0. The Balaban J connectivity index is 1.88. The number of benzene rings is 1. The molecule has 0 aliphatic heterocycles. The molecule has 0 spiro atoms. The van der Waals surface area contributed by atoms with Gasteiger partial charge in [-0.2, -0.15) is 4.98 Å². The van der Waals surface area contributed by atoms with Gasteiger partial charge in [-0.3, -0.25) is 9.36 Å². The maximum atomic E-state index is 12.9. The minimum Gasteiger partial charge on any atom is -0.363 e. The molecule has 130 valence electrons. The van der Waals surface area contributed by atoms with Crippen molar-refractivity contribution in [1.29, 1.82) is 0 Å². The molecule has 0 aliphatic rings. The predicted octanol–water partition coefficient (Wildman–Crippen LogP) is 4.03. The third-order valence-corrected chi connectivity index (χ3v) is 4.49. The molecule has 0 fully saturated rings. The van der Waals surface area contributed by atoms with Crippen molar-refractivity contribution in [2.45, 2.75) is 0 Å². The van der Waals surface area contributed by atoms with Gasteiger partial charge in [0.05, 0.1) is 15.6 Å². The van der Waals surface area contributed by atoms with E-state index >= 15 is 0 Å². The molecule has 1 aromatic carbocycles. The van der Waals surface area contributed by atoms with Crippen LogP contribution in [0.15, 0.2) is 52.1 Å². The molecule has 4 rings (SSSR count). The molecule has 0 saturated heterocycles. The van der Waals surface area contributed by atoms with Crippen LogP contribution < -0.4 is 10.9 Å². The Labute approximate surface area is 157 Å². The number of aromatic nitrogens is 4. The molecular formula is C17H11Cl2N5O2. The summed E-state index contributed by atoms with van der Waals surface area (Å²) in [7, 11) is 1.63. The molecule has 0 bridgehead atoms. The molecule has 0 atom stereocenters. The minimum absolute atomic E-state index is 0.265. The second-order valence-electron chi connectivity index (χ2n) is 5.50. The van der Waals surface area contributed by atoms with Gasteiger partial charge in [-0.1, -0.05) is 34.4 Å². The first-order valence-corrected chi connectivity index (χ1v) is 8.29. The van der Waals surface area contributed by atoms with Gasteiger partial charge in [-0.25, -0.2) is 4.98 Å². The van der Waals surface area contributed by atoms with Crippen molar-refractivity contribution >= 4 is 46.0 Å². The number of aryl methyl sites for hydroxylation is 1. The lowest BCUT2D eigenvalue weighted by atomic mass is 10.1. The lowest BCUT2D eigenvalue weighted by Crippen LogP contribution is -2.20. The zero-order valence-corrected chi connectivity index (χ0v) is 14.9. The zero-order valence-electron chi connectivity index (χ0n) is 13.4. The van der Waals surface area contributed by atoms with Crippen LogP contribution in [0.25, 0.3) is 22.2 Å². The fourth-order valence-electron chi connectivity index (χ4n) is 2.63. The van der Waals surface area contributed by atoms with E-state index < -0.39 is 0 Å². The molecule has 3 heterocycles. The number of hydrogen-bond donors (Lipinski definition) is 1. The number of nitrogens with zero attached hydrogens (tertiary/aromatic N) is 4. The maximum Gasteiger partial charge on any atom is 0.259 e. The van der Waals surface area contributed by atoms with Gasteiger partial charge in [0, 0.05) is 30.3 Å². The van der Waals surface area contributed by atoms with Gasteiger partial charge in [0.15, 0.2) is 5.82 Å². The quantitative estimate of drug-likeness (QED) is 0.570. The first-order valence-electron chi connectivity index (χ1n) is 7.53. The summed E-state index contributed by atoms with van der Waals surface area (Å²) in [4.78, 5) is 21.5. The fraction of sp³-hybridized carbons (Fsp3) is 0.0588. The molecule has 9 heteroatoms. The van der Waals surface area contributed by atoms with Gasteiger partial charge < -0.3 is 9.84 Å². The fourth-order valence-corrected chi connectivity index (χ4v) is 3.23. The summed E-state index contributed by atoms with van der Waals surface area (Å²) in [6.07, 6.45) is 3.04. The summed E-state index contributed by atoms with van der Waals surface area (Å²) in [5.41, 5.74) is 1.07. The Hall–Kier alpha value is -2.90. The summed E-state index contributed by atoms with van der Waals surface area (Å²) in [5.74, 6) is 0.763. The van der Waals surface area contributed by atoms with E-state index in [0.29, 0.717) is 44.0 Å². The van der Waals surface area contributed by atoms with Crippen LogP contribution in [0.1, 0.15) is 0 Å². The van der Waals surface area contributed by atoms with Gasteiger partial charge in [-0.05, 0) is 18.2 Å². The van der Waals surface area contributed by atoms with Crippen molar-refractivity contribution in [3.05, 3.63) is 63.2 Å². The number of halogens is 2. The van der Waals surface area contributed by atoms with E-state index in [0.717, 1.165) is 0 Å². The first kappa shape index (κ1) is 16.6. The molecule has 0 saturated carbocycles. The average molecular weight is 388 g/mol. The largest absolute Gasteiger partial charge is 0.363 e. The molecule has 0 amide bonds. The van der Waals surface area contributed by atoms with Crippen LogP contribution in [0.5, 0.6) is 0 Å². The third kappa shape index (κ3) is 2.81. The highest BCUT2D eigenvalue weighted by Gasteiger charge is 2.16. The van der Waals surface area contributed by atoms with Crippen LogP contribution in [-0.2, 0) is 7.05 Å².